The maximum absolute atomic E-state index is 12.5. The van der Waals surface area contributed by atoms with E-state index in [0.717, 1.165) is 5.69 Å². The molecule has 148 valence electrons. The van der Waals surface area contributed by atoms with Crippen molar-refractivity contribution in [3.63, 3.8) is 0 Å². The van der Waals surface area contributed by atoms with E-state index >= 15 is 0 Å². The van der Waals surface area contributed by atoms with E-state index in [1.807, 2.05) is 31.2 Å². The number of nitrogens with zero attached hydrogens (tertiary/aromatic N) is 3. The molecule has 0 atom stereocenters. The molecule has 1 aromatic carbocycles. The van der Waals surface area contributed by atoms with Crippen molar-refractivity contribution < 1.29 is 19.0 Å². The highest BCUT2D eigenvalue weighted by molar-refractivity contribution is 6.38. The molecule has 1 amide bonds. The molecule has 2 heterocycles. The standard InChI is InChI=1S/C19H21ClN4O4/c1-11-16-17(20)14(19(25)22-10-15(27-3)28-4)9-21-18(16)24(23-11)12-6-5-7-13(8-12)26-2/h5-9,15H,10H2,1-4H3,(H,22,25). The van der Waals surface area contributed by atoms with Crippen molar-refractivity contribution in [3.8, 4) is 11.4 Å². The summed E-state index contributed by atoms with van der Waals surface area (Å²) >= 11 is 6.54. The quantitative estimate of drug-likeness (QED) is 0.609. The predicted octanol–water partition coefficient (Wildman–Crippen LogP) is 2.74. The number of halogens is 1. The second-order valence-electron chi connectivity index (χ2n) is 5.99. The zero-order valence-electron chi connectivity index (χ0n) is 16.0. The third-order valence-corrected chi connectivity index (χ3v) is 4.70. The first-order chi connectivity index (χ1) is 13.5. The molecule has 0 aliphatic carbocycles. The van der Waals surface area contributed by atoms with Crippen LogP contribution in [-0.4, -0.2) is 54.8 Å². The number of methoxy groups -OCH3 is 3. The minimum absolute atomic E-state index is 0.183. The van der Waals surface area contributed by atoms with Crippen molar-refractivity contribution in [3.05, 3.63) is 46.7 Å². The second-order valence-corrected chi connectivity index (χ2v) is 6.37. The van der Waals surface area contributed by atoms with Gasteiger partial charge in [0.25, 0.3) is 5.91 Å². The Hall–Kier alpha value is -2.68. The Morgan fingerprint density at radius 3 is 2.71 bits per heavy atom. The lowest BCUT2D eigenvalue weighted by atomic mass is 10.2. The van der Waals surface area contributed by atoms with E-state index < -0.39 is 6.29 Å². The van der Waals surface area contributed by atoms with Gasteiger partial charge in [0.2, 0.25) is 0 Å². The van der Waals surface area contributed by atoms with Gasteiger partial charge in [0.15, 0.2) is 11.9 Å². The summed E-state index contributed by atoms with van der Waals surface area (Å²) in [7, 11) is 4.60. The fourth-order valence-electron chi connectivity index (χ4n) is 2.82. The summed E-state index contributed by atoms with van der Waals surface area (Å²) in [6.45, 7) is 2.00. The van der Waals surface area contributed by atoms with Crippen LogP contribution in [0.5, 0.6) is 5.75 Å². The SMILES string of the molecule is COc1cccc(-n2nc(C)c3c(Cl)c(C(=O)NCC(OC)OC)cnc32)c1. The summed E-state index contributed by atoms with van der Waals surface area (Å²) in [5.41, 5.74) is 2.25. The van der Waals surface area contributed by atoms with Crippen LogP contribution in [0.15, 0.2) is 30.5 Å². The molecule has 0 unspecified atom stereocenters. The Bertz CT molecular complexity index is 1000. The number of benzene rings is 1. The third-order valence-electron chi connectivity index (χ3n) is 4.31. The van der Waals surface area contributed by atoms with E-state index in [4.69, 9.17) is 25.8 Å². The van der Waals surface area contributed by atoms with Gasteiger partial charge in [-0.15, -0.1) is 0 Å². The molecular formula is C19H21ClN4O4. The number of carbonyl (C=O) groups excluding carboxylic acids is 1. The summed E-state index contributed by atoms with van der Waals surface area (Å²) in [5.74, 6) is 0.332. The van der Waals surface area contributed by atoms with Gasteiger partial charge >= 0.3 is 0 Å². The van der Waals surface area contributed by atoms with Gasteiger partial charge in [0.05, 0.1) is 41.0 Å². The van der Waals surface area contributed by atoms with Crippen LogP contribution in [0, 0.1) is 6.92 Å². The number of rotatable bonds is 7. The van der Waals surface area contributed by atoms with Crippen LogP contribution in [0.3, 0.4) is 0 Å². The molecular weight excluding hydrogens is 384 g/mol. The van der Waals surface area contributed by atoms with E-state index in [2.05, 4.69) is 15.4 Å². The molecule has 0 radical (unpaired) electrons. The molecule has 0 bridgehead atoms. The predicted molar refractivity (Wildman–Crippen MR) is 105 cm³/mol. The zero-order valence-corrected chi connectivity index (χ0v) is 16.8. The maximum Gasteiger partial charge on any atom is 0.254 e. The number of aromatic nitrogens is 3. The highest BCUT2D eigenvalue weighted by Crippen LogP contribution is 2.30. The largest absolute Gasteiger partial charge is 0.497 e. The molecule has 9 heteroatoms. The highest BCUT2D eigenvalue weighted by atomic mass is 35.5. The minimum atomic E-state index is -0.544. The summed E-state index contributed by atoms with van der Waals surface area (Å²) in [4.78, 5) is 17.0. The summed E-state index contributed by atoms with van der Waals surface area (Å²) in [5, 5.41) is 8.17. The van der Waals surface area contributed by atoms with E-state index in [0.29, 0.717) is 27.5 Å². The van der Waals surface area contributed by atoms with Crippen LogP contribution in [0.2, 0.25) is 5.02 Å². The minimum Gasteiger partial charge on any atom is -0.497 e. The molecule has 0 fully saturated rings. The van der Waals surface area contributed by atoms with Crippen LogP contribution >= 0.6 is 11.6 Å². The van der Waals surface area contributed by atoms with Gasteiger partial charge in [-0.3, -0.25) is 4.79 Å². The Kier molecular flexibility index (Phi) is 6.13. The van der Waals surface area contributed by atoms with Crippen molar-refractivity contribution in [1.29, 1.82) is 0 Å². The lowest BCUT2D eigenvalue weighted by molar-refractivity contribution is -0.0974. The number of aryl methyl sites for hydroxylation is 1. The van der Waals surface area contributed by atoms with E-state index in [1.54, 1.807) is 11.8 Å². The van der Waals surface area contributed by atoms with Crippen molar-refractivity contribution in [2.75, 3.05) is 27.9 Å². The van der Waals surface area contributed by atoms with Gasteiger partial charge in [0, 0.05) is 26.5 Å². The monoisotopic (exact) mass is 404 g/mol. The number of nitrogens with one attached hydrogen (secondary N) is 1. The lowest BCUT2D eigenvalue weighted by Gasteiger charge is -2.14. The van der Waals surface area contributed by atoms with Gasteiger partial charge in [0.1, 0.15) is 5.75 Å². The molecule has 8 nitrogen and oxygen atoms in total. The van der Waals surface area contributed by atoms with Crippen LogP contribution < -0.4 is 10.1 Å². The summed E-state index contributed by atoms with van der Waals surface area (Å²) in [6, 6.07) is 7.44. The Morgan fingerprint density at radius 1 is 1.29 bits per heavy atom. The fourth-order valence-corrected chi connectivity index (χ4v) is 3.18. The Morgan fingerprint density at radius 2 is 2.04 bits per heavy atom. The molecule has 3 aromatic rings. The molecule has 0 saturated heterocycles. The number of carbonyl (C=O) groups is 1. The first kappa shape index (κ1) is 20.1. The summed E-state index contributed by atoms with van der Waals surface area (Å²) < 4.78 is 17.1. The van der Waals surface area contributed by atoms with Gasteiger partial charge in [-0.05, 0) is 19.1 Å². The van der Waals surface area contributed by atoms with Crippen molar-refractivity contribution in [2.45, 2.75) is 13.2 Å². The number of amides is 1. The topological polar surface area (TPSA) is 87.5 Å². The van der Waals surface area contributed by atoms with Crippen molar-refractivity contribution in [2.24, 2.45) is 0 Å². The van der Waals surface area contributed by atoms with Gasteiger partial charge in [-0.2, -0.15) is 5.10 Å². The molecule has 0 aliphatic heterocycles. The molecule has 0 aliphatic rings. The van der Waals surface area contributed by atoms with Gasteiger partial charge in [-0.1, -0.05) is 17.7 Å². The number of fused-ring (bicyclic) bond motifs is 1. The van der Waals surface area contributed by atoms with Gasteiger partial charge in [-0.25, -0.2) is 9.67 Å². The van der Waals surface area contributed by atoms with E-state index in [-0.39, 0.29) is 18.0 Å². The second kappa shape index (κ2) is 8.55. The zero-order chi connectivity index (χ0) is 20.3. The lowest BCUT2D eigenvalue weighted by Crippen LogP contribution is -2.34. The molecule has 1 N–H and O–H groups in total. The average molecular weight is 405 g/mol. The normalized spacial score (nSPS) is 11.2. The van der Waals surface area contributed by atoms with E-state index in [9.17, 15) is 4.79 Å². The molecule has 2 aromatic heterocycles. The molecule has 28 heavy (non-hydrogen) atoms. The molecule has 0 spiro atoms. The Balaban J connectivity index is 1.98. The molecule has 0 saturated carbocycles. The van der Waals surface area contributed by atoms with Gasteiger partial charge < -0.3 is 19.5 Å². The van der Waals surface area contributed by atoms with Crippen molar-refractivity contribution in [1.82, 2.24) is 20.1 Å². The first-order valence-electron chi connectivity index (χ1n) is 8.52. The fraction of sp³-hybridized carbons (Fsp3) is 0.316. The highest BCUT2D eigenvalue weighted by Gasteiger charge is 2.20. The van der Waals surface area contributed by atoms with Crippen LogP contribution in [0.25, 0.3) is 16.7 Å². The summed E-state index contributed by atoms with van der Waals surface area (Å²) in [6.07, 6.45) is 0.892. The maximum atomic E-state index is 12.5. The van der Waals surface area contributed by atoms with Crippen LogP contribution in [-0.2, 0) is 9.47 Å². The number of ether oxygens (including phenoxy) is 3. The Labute approximate surface area is 167 Å². The van der Waals surface area contributed by atoms with Crippen LogP contribution in [0.4, 0.5) is 0 Å². The van der Waals surface area contributed by atoms with Crippen LogP contribution in [0.1, 0.15) is 16.1 Å². The number of pyridine rings is 1. The van der Waals surface area contributed by atoms with E-state index in [1.165, 1.54) is 20.4 Å². The van der Waals surface area contributed by atoms with Crippen molar-refractivity contribution >= 4 is 28.5 Å². The average Bonchev–Trinajstić information content (AvgIpc) is 3.06. The first-order valence-corrected chi connectivity index (χ1v) is 8.90. The smallest absolute Gasteiger partial charge is 0.254 e. The third kappa shape index (κ3) is 3.80. The number of hydrogen-bond acceptors (Lipinski definition) is 6. The molecule has 3 rings (SSSR count). The number of hydrogen-bond donors (Lipinski definition) is 1.